The topological polar surface area (TPSA) is 84.9 Å². The Kier molecular flexibility index (Phi) is 3.16. The smallest absolute Gasteiger partial charge is 0.356 e. The monoisotopic (exact) mass is 263 g/mol. The van der Waals surface area contributed by atoms with E-state index < -0.39 is 17.5 Å². The van der Waals surface area contributed by atoms with E-state index in [4.69, 9.17) is 14.6 Å². The van der Waals surface area contributed by atoms with E-state index in [1.807, 2.05) is 0 Å². The molecule has 0 aromatic heterocycles. The Bertz CT molecular complexity index is 549. The number of hydrogen-bond acceptors (Lipinski definition) is 5. The minimum absolute atomic E-state index is 0.107. The molecule has 1 atom stereocenters. The van der Waals surface area contributed by atoms with Gasteiger partial charge < -0.3 is 19.9 Å². The third kappa shape index (κ3) is 2.52. The van der Waals surface area contributed by atoms with Gasteiger partial charge in [-0.2, -0.15) is 0 Å². The quantitative estimate of drug-likeness (QED) is 0.798. The van der Waals surface area contributed by atoms with E-state index in [9.17, 15) is 9.59 Å². The summed E-state index contributed by atoms with van der Waals surface area (Å²) in [4.78, 5) is 22.6. The Balaban J connectivity index is 2.18. The van der Waals surface area contributed by atoms with Gasteiger partial charge in [-0.15, -0.1) is 0 Å². The van der Waals surface area contributed by atoms with Crippen LogP contribution < -0.4 is 10.1 Å². The van der Waals surface area contributed by atoms with E-state index in [-0.39, 0.29) is 5.70 Å². The zero-order chi connectivity index (χ0) is 14.0. The number of rotatable bonds is 4. The van der Waals surface area contributed by atoms with Crippen LogP contribution in [0.5, 0.6) is 5.75 Å². The van der Waals surface area contributed by atoms with Crippen molar-refractivity contribution >= 4 is 17.6 Å². The summed E-state index contributed by atoms with van der Waals surface area (Å²) in [6.45, 7) is 1.32. The summed E-state index contributed by atoms with van der Waals surface area (Å²) in [7, 11) is 1.55. The van der Waals surface area contributed by atoms with Crippen LogP contribution in [0.25, 0.3) is 0 Å². The molecule has 0 bridgehead atoms. The Morgan fingerprint density at radius 2 is 2.00 bits per heavy atom. The number of ether oxygens (including phenoxy) is 2. The minimum Gasteiger partial charge on any atom is -0.497 e. The number of carboxylic acids is 1. The van der Waals surface area contributed by atoms with E-state index in [2.05, 4.69) is 5.32 Å². The maximum Gasteiger partial charge on any atom is 0.356 e. The van der Waals surface area contributed by atoms with Crippen LogP contribution in [0, 0.1) is 0 Å². The lowest BCUT2D eigenvalue weighted by Crippen LogP contribution is -2.34. The number of carbonyl (C=O) groups is 2. The van der Waals surface area contributed by atoms with Crippen LogP contribution in [-0.4, -0.2) is 29.8 Å². The highest BCUT2D eigenvalue weighted by molar-refractivity contribution is 5.99. The molecule has 0 fully saturated rings. The number of aliphatic carboxylic acids is 1. The minimum atomic E-state index is -1.62. The molecule has 1 aliphatic rings. The molecule has 0 aliphatic carbocycles. The number of methoxy groups -OCH3 is 1. The third-order valence-electron chi connectivity index (χ3n) is 2.74. The predicted molar refractivity (Wildman–Crippen MR) is 66.8 cm³/mol. The lowest BCUT2D eigenvalue weighted by molar-refractivity contribution is -0.165. The maximum absolute atomic E-state index is 11.6. The SMILES string of the molecule is COc1ccc(NC2=C[C@@](C)(C(=O)O)OC2=O)cc1. The van der Waals surface area contributed by atoms with Crippen LogP contribution in [0.1, 0.15) is 6.92 Å². The zero-order valence-electron chi connectivity index (χ0n) is 10.5. The van der Waals surface area contributed by atoms with Crippen LogP contribution >= 0.6 is 0 Å². The number of nitrogens with one attached hydrogen (secondary N) is 1. The fourth-order valence-corrected chi connectivity index (χ4v) is 1.63. The molecule has 2 rings (SSSR count). The number of esters is 1. The van der Waals surface area contributed by atoms with Gasteiger partial charge in [-0.05, 0) is 31.2 Å². The summed E-state index contributed by atoms with van der Waals surface area (Å²) in [5.41, 5.74) is -0.875. The van der Waals surface area contributed by atoms with Gasteiger partial charge in [-0.25, -0.2) is 9.59 Å². The first kappa shape index (κ1) is 12.9. The molecular weight excluding hydrogens is 250 g/mol. The van der Waals surface area contributed by atoms with Crippen molar-refractivity contribution in [3.05, 3.63) is 36.0 Å². The van der Waals surface area contributed by atoms with Gasteiger partial charge in [-0.1, -0.05) is 0 Å². The van der Waals surface area contributed by atoms with E-state index in [1.54, 1.807) is 31.4 Å². The van der Waals surface area contributed by atoms with Crippen molar-refractivity contribution < 1.29 is 24.2 Å². The first-order valence-electron chi connectivity index (χ1n) is 5.55. The Morgan fingerprint density at radius 1 is 1.37 bits per heavy atom. The highest BCUT2D eigenvalue weighted by atomic mass is 16.6. The number of carbonyl (C=O) groups excluding carboxylic acids is 1. The van der Waals surface area contributed by atoms with Gasteiger partial charge in [0.25, 0.3) is 0 Å². The van der Waals surface area contributed by atoms with Crippen LogP contribution in [-0.2, 0) is 14.3 Å². The number of benzene rings is 1. The average Bonchev–Trinajstić information content (AvgIpc) is 2.67. The highest BCUT2D eigenvalue weighted by Crippen LogP contribution is 2.26. The molecule has 0 unspecified atom stereocenters. The number of hydrogen-bond donors (Lipinski definition) is 2. The molecule has 6 heteroatoms. The zero-order valence-corrected chi connectivity index (χ0v) is 10.5. The lowest BCUT2D eigenvalue weighted by Gasteiger charge is -2.13. The molecule has 0 saturated carbocycles. The van der Waals surface area contributed by atoms with E-state index in [1.165, 1.54) is 13.0 Å². The van der Waals surface area contributed by atoms with E-state index in [0.29, 0.717) is 11.4 Å². The molecule has 2 N–H and O–H groups in total. The molecule has 0 spiro atoms. The first-order valence-corrected chi connectivity index (χ1v) is 5.55. The molecule has 1 aromatic carbocycles. The molecule has 6 nitrogen and oxygen atoms in total. The van der Waals surface area contributed by atoms with E-state index in [0.717, 1.165) is 0 Å². The summed E-state index contributed by atoms with van der Waals surface area (Å²) in [6, 6.07) is 6.87. The van der Waals surface area contributed by atoms with Crippen molar-refractivity contribution in [3.63, 3.8) is 0 Å². The second-order valence-corrected chi connectivity index (χ2v) is 4.21. The van der Waals surface area contributed by atoms with Gasteiger partial charge in [0.15, 0.2) is 0 Å². The first-order chi connectivity index (χ1) is 8.94. The van der Waals surface area contributed by atoms with Gasteiger partial charge >= 0.3 is 11.9 Å². The number of anilines is 1. The summed E-state index contributed by atoms with van der Waals surface area (Å²) in [5.74, 6) is -1.22. The number of carboxylic acid groups (broad SMARTS) is 1. The predicted octanol–water partition coefficient (Wildman–Crippen LogP) is 1.39. The molecule has 0 saturated heterocycles. The Labute approximate surface area is 109 Å². The van der Waals surface area contributed by atoms with Crippen LogP contribution in [0.4, 0.5) is 5.69 Å². The van der Waals surface area contributed by atoms with Crippen molar-refractivity contribution in [1.82, 2.24) is 0 Å². The Morgan fingerprint density at radius 3 is 2.47 bits per heavy atom. The second kappa shape index (κ2) is 4.64. The fraction of sp³-hybridized carbons (Fsp3) is 0.231. The molecule has 1 aliphatic heterocycles. The Hall–Kier alpha value is -2.50. The molecule has 1 aromatic rings. The molecule has 1 heterocycles. The summed E-state index contributed by atoms with van der Waals surface area (Å²) in [5, 5.41) is 11.8. The maximum atomic E-state index is 11.6. The van der Waals surface area contributed by atoms with Gasteiger partial charge in [0, 0.05) is 11.8 Å². The third-order valence-corrected chi connectivity index (χ3v) is 2.74. The average molecular weight is 263 g/mol. The number of cyclic esters (lactones) is 1. The second-order valence-electron chi connectivity index (χ2n) is 4.21. The summed E-state index contributed by atoms with van der Waals surface area (Å²) < 4.78 is 9.83. The summed E-state index contributed by atoms with van der Waals surface area (Å²) >= 11 is 0. The van der Waals surface area contributed by atoms with Gasteiger partial charge in [0.1, 0.15) is 11.4 Å². The van der Waals surface area contributed by atoms with Gasteiger partial charge in [-0.3, -0.25) is 0 Å². The molecule has 100 valence electrons. The van der Waals surface area contributed by atoms with Crippen LogP contribution in [0.2, 0.25) is 0 Å². The van der Waals surface area contributed by atoms with Crippen molar-refractivity contribution in [2.24, 2.45) is 0 Å². The molecule has 19 heavy (non-hydrogen) atoms. The normalized spacial score (nSPS) is 21.6. The van der Waals surface area contributed by atoms with Gasteiger partial charge in [0.2, 0.25) is 5.60 Å². The van der Waals surface area contributed by atoms with Crippen LogP contribution in [0.15, 0.2) is 36.0 Å². The van der Waals surface area contributed by atoms with Crippen molar-refractivity contribution in [1.29, 1.82) is 0 Å². The molecular formula is C13H13NO5. The van der Waals surface area contributed by atoms with Crippen LogP contribution in [0.3, 0.4) is 0 Å². The molecule has 0 radical (unpaired) electrons. The standard InChI is InChI=1S/C13H13NO5/c1-13(12(16)17)7-10(11(15)19-13)14-8-3-5-9(18-2)6-4-8/h3-7,14H,1-2H3,(H,16,17)/t13-/m0/s1. The molecule has 0 amide bonds. The van der Waals surface area contributed by atoms with Gasteiger partial charge in [0.05, 0.1) is 7.11 Å². The summed E-state index contributed by atoms with van der Waals surface area (Å²) in [6.07, 6.45) is 1.25. The lowest BCUT2D eigenvalue weighted by atomic mass is 10.1. The van der Waals surface area contributed by atoms with Crippen molar-refractivity contribution in [3.8, 4) is 5.75 Å². The fourth-order valence-electron chi connectivity index (χ4n) is 1.63. The van der Waals surface area contributed by atoms with E-state index >= 15 is 0 Å². The largest absolute Gasteiger partial charge is 0.497 e. The van der Waals surface area contributed by atoms with Crippen molar-refractivity contribution in [2.45, 2.75) is 12.5 Å². The van der Waals surface area contributed by atoms with Crippen molar-refractivity contribution in [2.75, 3.05) is 12.4 Å². The highest BCUT2D eigenvalue weighted by Gasteiger charge is 2.42.